The number of methoxy groups -OCH3 is 1. The molecule has 3 unspecified atom stereocenters. The number of aliphatic hydroxyl groups excluding tert-OH is 1. The number of ether oxygens (including phenoxy) is 1. The minimum Gasteiger partial charge on any atom is -0.496 e. The van der Waals surface area contributed by atoms with Gasteiger partial charge < -0.3 is 25.8 Å². The van der Waals surface area contributed by atoms with Gasteiger partial charge in [-0.25, -0.2) is 0 Å². The molecule has 0 aliphatic carbocycles. The lowest BCUT2D eigenvalue weighted by molar-refractivity contribution is -0.124. The normalized spacial score (nSPS) is 20.2. The lowest BCUT2D eigenvalue weighted by atomic mass is 10.0. The van der Waals surface area contributed by atoms with Gasteiger partial charge in [0.1, 0.15) is 11.8 Å². The molecular formula is C18H28ClN3O4. The number of amides is 2. The lowest BCUT2D eigenvalue weighted by Crippen LogP contribution is -2.51. The van der Waals surface area contributed by atoms with Gasteiger partial charge in [0.2, 0.25) is 5.91 Å². The van der Waals surface area contributed by atoms with Crippen LogP contribution in [0.4, 0.5) is 0 Å². The Morgan fingerprint density at radius 1 is 1.31 bits per heavy atom. The first-order valence-electron chi connectivity index (χ1n) is 8.54. The van der Waals surface area contributed by atoms with E-state index in [0.29, 0.717) is 30.9 Å². The van der Waals surface area contributed by atoms with E-state index in [2.05, 4.69) is 16.0 Å². The molecule has 1 fully saturated rings. The highest BCUT2D eigenvalue weighted by molar-refractivity contribution is 5.99. The number of hydrogen-bond donors (Lipinski definition) is 4. The van der Waals surface area contributed by atoms with Crippen LogP contribution in [-0.4, -0.2) is 55.8 Å². The van der Waals surface area contributed by atoms with Crippen molar-refractivity contribution in [2.24, 2.45) is 11.8 Å². The van der Waals surface area contributed by atoms with Crippen molar-refractivity contribution in [3.05, 3.63) is 29.8 Å². The molecule has 2 rings (SSSR count). The maximum absolute atomic E-state index is 12.5. The summed E-state index contributed by atoms with van der Waals surface area (Å²) in [6.45, 7) is 5.33. The molecule has 26 heavy (non-hydrogen) atoms. The van der Waals surface area contributed by atoms with E-state index in [4.69, 9.17) is 4.74 Å². The summed E-state index contributed by atoms with van der Waals surface area (Å²) >= 11 is 0. The highest BCUT2D eigenvalue weighted by atomic mass is 35.5. The van der Waals surface area contributed by atoms with E-state index in [1.807, 2.05) is 13.8 Å². The fourth-order valence-corrected chi connectivity index (χ4v) is 2.86. The van der Waals surface area contributed by atoms with Crippen LogP contribution in [0.25, 0.3) is 0 Å². The van der Waals surface area contributed by atoms with E-state index in [1.165, 1.54) is 7.11 Å². The molecule has 0 radical (unpaired) electrons. The molecule has 1 aromatic rings. The number of halogens is 1. The van der Waals surface area contributed by atoms with Crippen LogP contribution in [0.5, 0.6) is 5.75 Å². The Kier molecular flexibility index (Phi) is 8.84. The molecule has 3 atom stereocenters. The number of carbonyl (C=O) groups is 2. The summed E-state index contributed by atoms with van der Waals surface area (Å²) in [5, 5.41) is 18.5. The summed E-state index contributed by atoms with van der Waals surface area (Å²) in [6, 6.07) is 6.22. The number of para-hydroxylation sites is 1. The van der Waals surface area contributed by atoms with Gasteiger partial charge in [0.25, 0.3) is 5.91 Å². The van der Waals surface area contributed by atoms with Gasteiger partial charge in [-0.05, 0) is 18.1 Å². The Hall–Kier alpha value is -1.83. The van der Waals surface area contributed by atoms with Gasteiger partial charge in [-0.3, -0.25) is 9.59 Å². The molecule has 146 valence electrons. The van der Waals surface area contributed by atoms with E-state index in [9.17, 15) is 14.7 Å². The Bertz CT molecular complexity index is 612. The quantitative estimate of drug-likeness (QED) is 0.550. The van der Waals surface area contributed by atoms with Crippen LogP contribution in [0.1, 0.15) is 24.2 Å². The predicted molar refractivity (Wildman–Crippen MR) is 102 cm³/mol. The zero-order valence-electron chi connectivity index (χ0n) is 15.3. The topological polar surface area (TPSA) is 99.7 Å². The van der Waals surface area contributed by atoms with Crippen molar-refractivity contribution in [3.8, 4) is 5.75 Å². The summed E-state index contributed by atoms with van der Waals surface area (Å²) in [5.74, 6) is -0.235. The van der Waals surface area contributed by atoms with Crippen LogP contribution in [0.15, 0.2) is 24.3 Å². The third-order valence-corrected chi connectivity index (χ3v) is 4.43. The van der Waals surface area contributed by atoms with Crippen LogP contribution in [0.3, 0.4) is 0 Å². The van der Waals surface area contributed by atoms with Crippen molar-refractivity contribution in [2.75, 3.05) is 26.7 Å². The van der Waals surface area contributed by atoms with Gasteiger partial charge in [0.15, 0.2) is 0 Å². The second-order valence-corrected chi connectivity index (χ2v) is 6.63. The third-order valence-electron chi connectivity index (χ3n) is 4.43. The summed E-state index contributed by atoms with van der Waals surface area (Å²) in [5.41, 5.74) is 0.388. The molecular weight excluding hydrogens is 358 g/mol. The van der Waals surface area contributed by atoms with Gasteiger partial charge >= 0.3 is 0 Å². The fraction of sp³-hybridized carbons (Fsp3) is 0.556. The SMILES string of the molecule is COc1ccccc1C(=O)NC(C(=O)NCC1CNCC1O)C(C)C.Cl. The zero-order chi connectivity index (χ0) is 18.4. The van der Waals surface area contributed by atoms with E-state index >= 15 is 0 Å². The summed E-state index contributed by atoms with van der Waals surface area (Å²) in [4.78, 5) is 25.0. The van der Waals surface area contributed by atoms with Crippen LogP contribution in [-0.2, 0) is 4.79 Å². The molecule has 1 saturated heterocycles. The van der Waals surface area contributed by atoms with Crippen molar-refractivity contribution < 1.29 is 19.4 Å². The molecule has 1 aromatic carbocycles. The Morgan fingerprint density at radius 3 is 2.58 bits per heavy atom. The molecule has 4 N–H and O–H groups in total. The summed E-state index contributed by atoms with van der Waals surface area (Å²) < 4.78 is 5.20. The molecule has 0 bridgehead atoms. The lowest BCUT2D eigenvalue weighted by Gasteiger charge is -2.23. The monoisotopic (exact) mass is 385 g/mol. The van der Waals surface area contributed by atoms with Gasteiger partial charge in [-0.1, -0.05) is 26.0 Å². The molecule has 8 heteroatoms. The number of aliphatic hydroxyl groups is 1. The summed E-state index contributed by atoms with van der Waals surface area (Å²) in [6.07, 6.45) is -0.457. The molecule has 0 spiro atoms. The minimum absolute atomic E-state index is 0. The van der Waals surface area contributed by atoms with Crippen molar-refractivity contribution in [2.45, 2.75) is 26.0 Å². The second kappa shape index (κ2) is 10.4. The number of nitrogens with one attached hydrogen (secondary N) is 3. The van der Waals surface area contributed by atoms with Crippen molar-refractivity contribution in [1.82, 2.24) is 16.0 Å². The van der Waals surface area contributed by atoms with Crippen molar-refractivity contribution in [3.63, 3.8) is 0 Å². The Morgan fingerprint density at radius 2 is 2.00 bits per heavy atom. The maximum atomic E-state index is 12.5. The smallest absolute Gasteiger partial charge is 0.255 e. The number of benzene rings is 1. The zero-order valence-corrected chi connectivity index (χ0v) is 16.1. The molecule has 0 aromatic heterocycles. The molecule has 7 nitrogen and oxygen atoms in total. The first-order valence-corrected chi connectivity index (χ1v) is 8.54. The number of β-amino-alcohol motifs (C(OH)–C–C–N with tert-alkyl or cyclic N) is 1. The average molecular weight is 386 g/mol. The second-order valence-electron chi connectivity index (χ2n) is 6.63. The Balaban J connectivity index is 0.00000338. The molecule has 0 saturated carbocycles. The molecule has 1 aliphatic rings. The van der Waals surface area contributed by atoms with Gasteiger partial charge in [0.05, 0.1) is 18.8 Å². The highest BCUT2D eigenvalue weighted by Crippen LogP contribution is 2.17. The van der Waals surface area contributed by atoms with E-state index in [-0.39, 0.29) is 36.1 Å². The number of rotatable bonds is 7. The van der Waals surface area contributed by atoms with E-state index in [1.54, 1.807) is 24.3 Å². The first-order chi connectivity index (χ1) is 11.9. The largest absolute Gasteiger partial charge is 0.496 e. The summed E-state index contributed by atoms with van der Waals surface area (Å²) in [7, 11) is 1.50. The van der Waals surface area contributed by atoms with Gasteiger partial charge in [-0.15, -0.1) is 12.4 Å². The van der Waals surface area contributed by atoms with E-state index in [0.717, 1.165) is 0 Å². The fourth-order valence-electron chi connectivity index (χ4n) is 2.86. The molecule has 1 heterocycles. The van der Waals surface area contributed by atoms with Crippen molar-refractivity contribution >= 4 is 24.2 Å². The highest BCUT2D eigenvalue weighted by Gasteiger charge is 2.29. The van der Waals surface area contributed by atoms with Gasteiger partial charge in [0, 0.05) is 25.6 Å². The standard InChI is InChI=1S/C18H27N3O4.ClH/c1-11(2)16(18(24)20-9-12-8-19-10-14(12)22)21-17(23)13-6-4-5-7-15(13)25-3;/h4-7,11-12,14,16,19,22H,8-10H2,1-3H3,(H,20,24)(H,21,23);1H. The molecule has 2 amide bonds. The van der Waals surface area contributed by atoms with Crippen LogP contribution < -0.4 is 20.7 Å². The maximum Gasteiger partial charge on any atom is 0.255 e. The minimum atomic E-state index is -0.663. The van der Waals surface area contributed by atoms with Crippen LogP contribution in [0, 0.1) is 11.8 Å². The predicted octanol–water partition coefficient (Wildman–Crippen LogP) is 0.568. The first kappa shape index (κ1) is 22.2. The molecule has 1 aliphatic heterocycles. The Labute approximate surface area is 160 Å². The third kappa shape index (κ3) is 5.59. The van der Waals surface area contributed by atoms with Gasteiger partial charge in [-0.2, -0.15) is 0 Å². The van der Waals surface area contributed by atoms with Crippen LogP contribution in [0.2, 0.25) is 0 Å². The van der Waals surface area contributed by atoms with Crippen LogP contribution >= 0.6 is 12.4 Å². The van der Waals surface area contributed by atoms with E-state index < -0.39 is 12.1 Å². The number of hydrogen-bond acceptors (Lipinski definition) is 5. The van der Waals surface area contributed by atoms with Crippen molar-refractivity contribution in [1.29, 1.82) is 0 Å². The average Bonchev–Trinajstić information content (AvgIpc) is 3.02. The number of carbonyl (C=O) groups excluding carboxylic acids is 2.